The Morgan fingerprint density at radius 1 is 1.16 bits per heavy atom. The second-order valence-corrected chi connectivity index (χ2v) is 5.38. The van der Waals surface area contributed by atoms with Crippen LogP contribution in [0.5, 0.6) is 5.75 Å². The summed E-state index contributed by atoms with van der Waals surface area (Å²) in [6.45, 7) is 1.20. The van der Waals surface area contributed by atoms with Gasteiger partial charge in [-0.1, -0.05) is 24.3 Å². The van der Waals surface area contributed by atoms with Crippen LogP contribution in [0.1, 0.15) is 24.8 Å². The third kappa shape index (κ3) is 2.90. The number of nitrogens with one attached hydrogen (secondary N) is 1. The van der Waals surface area contributed by atoms with Crippen LogP contribution in [0.25, 0.3) is 10.8 Å². The molecule has 2 nitrogen and oxygen atoms in total. The highest BCUT2D eigenvalue weighted by Crippen LogP contribution is 2.23. The van der Waals surface area contributed by atoms with Gasteiger partial charge in [-0.2, -0.15) is 0 Å². The number of hydrogen-bond acceptors (Lipinski definition) is 2. The van der Waals surface area contributed by atoms with Crippen molar-refractivity contribution in [2.75, 3.05) is 13.7 Å². The summed E-state index contributed by atoms with van der Waals surface area (Å²) in [6.07, 6.45) is 5.09. The molecular formula is C17H21NO. The zero-order chi connectivity index (χ0) is 13.1. The first-order valence-corrected chi connectivity index (χ1v) is 7.15. The molecule has 1 fully saturated rings. The van der Waals surface area contributed by atoms with E-state index in [-0.39, 0.29) is 0 Å². The molecule has 0 bridgehead atoms. The SMILES string of the molecule is COc1ccc2cc(CCC3CCCN3)ccc2c1. The van der Waals surface area contributed by atoms with E-state index < -0.39 is 0 Å². The van der Waals surface area contributed by atoms with Crippen molar-refractivity contribution in [1.82, 2.24) is 5.32 Å². The van der Waals surface area contributed by atoms with Crippen LogP contribution in [0, 0.1) is 0 Å². The number of fused-ring (bicyclic) bond motifs is 1. The largest absolute Gasteiger partial charge is 0.497 e. The number of methoxy groups -OCH3 is 1. The molecule has 100 valence electrons. The van der Waals surface area contributed by atoms with Crippen LogP contribution in [0.15, 0.2) is 36.4 Å². The van der Waals surface area contributed by atoms with Crippen molar-refractivity contribution in [2.45, 2.75) is 31.7 Å². The van der Waals surface area contributed by atoms with Crippen molar-refractivity contribution in [3.05, 3.63) is 42.0 Å². The van der Waals surface area contributed by atoms with Crippen molar-refractivity contribution >= 4 is 10.8 Å². The van der Waals surface area contributed by atoms with Crippen molar-refractivity contribution in [3.8, 4) is 5.75 Å². The Morgan fingerprint density at radius 2 is 2.00 bits per heavy atom. The molecular weight excluding hydrogens is 234 g/mol. The predicted octanol–water partition coefficient (Wildman–Crippen LogP) is 3.53. The molecule has 0 radical (unpaired) electrons. The van der Waals surface area contributed by atoms with Gasteiger partial charge in [0.2, 0.25) is 0 Å². The predicted molar refractivity (Wildman–Crippen MR) is 79.8 cm³/mol. The van der Waals surface area contributed by atoms with Gasteiger partial charge >= 0.3 is 0 Å². The zero-order valence-electron chi connectivity index (χ0n) is 11.5. The molecule has 1 saturated heterocycles. The molecule has 2 heteroatoms. The zero-order valence-corrected chi connectivity index (χ0v) is 11.5. The molecule has 1 atom stereocenters. The van der Waals surface area contributed by atoms with E-state index >= 15 is 0 Å². The fourth-order valence-corrected chi connectivity index (χ4v) is 2.90. The quantitative estimate of drug-likeness (QED) is 0.902. The summed E-state index contributed by atoms with van der Waals surface area (Å²) in [4.78, 5) is 0. The highest BCUT2D eigenvalue weighted by molar-refractivity contribution is 5.84. The molecule has 1 aliphatic heterocycles. The lowest BCUT2D eigenvalue weighted by Gasteiger charge is -2.10. The third-order valence-corrected chi connectivity index (χ3v) is 4.06. The van der Waals surface area contributed by atoms with Crippen LogP contribution >= 0.6 is 0 Å². The van der Waals surface area contributed by atoms with Crippen LogP contribution in [0.4, 0.5) is 0 Å². The summed E-state index contributed by atoms with van der Waals surface area (Å²) in [5.41, 5.74) is 1.44. The molecule has 2 aromatic carbocycles. The monoisotopic (exact) mass is 255 g/mol. The molecule has 1 N–H and O–H groups in total. The minimum Gasteiger partial charge on any atom is -0.497 e. The molecule has 0 aliphatic carbocycles. The third-order valence-electron chi connectivity index (χ3n) is 4.06. The van der Waals surface area contributed by atoms with Gasteiger partial charge in [0.1, 0.15) is 5.75 Å². The lowest BCUT2D eigenvalue weighted by Crippen LogP contribution is -2.21. The maximum atomic E-state index is 5.26. The Labute approximate surface area is 114 Å². The summed E-state index contributed by atoms with van der Waals surface area (Å²) in [7, 11) is 1.71. The first-order valence-electron chi connectivity index (χ1n) is 7.15. The van der Waals surface area contributed by atoms with Gasteiger partial charge in [-0.25, -0.2) is 0 Å². The first-order chi connectivity index (χ1) is 9.35. The Bertz CT molecular complexity index is 558. The van der Waals surface area contributed by atoms with Crippen LogP contribution < -0.4 is 10.1 Å². The van der Waals surface area contributed by atoms with E-state index in [1.54, 1.807) is 7.11 Å². The fourth-order valence-electron chi connectivity index (χ4n) is 2.90. The Morgan fingerprint density at radius 3 is 2.79 bits per heavy atom. The molecule has 0 amide bonds. The molecule has 1 unspecified atom stereocenters. The number of benzene rings is 2. The highest BCUT2D eigenvalue weighted by Gasteiger charge is 2.13. The average molecular weight is 255 g/mol. The van der Waals surface area contributed by atoms with Gasteiger partial charge in [-0.15, -0.1) is 0 Å². The summed E-state index contributed by atoms with van der Waals surface area (Å²) >= 11 is 0. The number of hydrogen-bond donors (Lipinski definition) is 1. The second kappa shape index (κ2) is 5.62. The van der Waals surface area contributed by atoms with Crippen molar-refractivity contribution in [2.24, 2.45) is 0 Å². The summed E-state index contributed by atoms with van der Waals surface area (Å²) in [6, 6.07) is 13.8. The topological polar surface area (TPSA) is 21.3 Å². The Balaban J connectivity index is 1.73. The van der Waals surface area contributed by atoms with E-state index in [0.717, 1.165) is 11.8 Å². The second-order valence-electron chi connectivity index (χ2n) is 5.38. The lowest BCUT2D eigenvalue weighted by molar-refractivity contribution is 0.415. The molecule has 19 heavy (non-hydrogen) atoms. The van der Waals surface area contributed by atoms with Gasteiger partial charge in [0.25, 0.3) is 0 Å². The van der Waals surface area contributed by atoms with Crippen LogP contribution in [-0.4, -0.2) is 19.7 Å². The number of ether oxygens (including phenoxy) is 1. The maximum Gasteiger partial charge on any atom is 0.119 e. The van der Waals surface area contributed by atoms with Gasteiger partial charge in [0, 0.05) is 6.04 Å². The lowest BCUT2D eigenvalue weighted by atomic mass is 10.0. The smallest absolute Gasteiger partial charge is 0.119 e. The van der Waals surface area contributed by atoms with E-state index in [1.807, 2.05) is 6.07 Å². The van der Waals surface area contributed by atoms with Crippen LogP contribution in [0.2, 0.25) is 0 Å². The maximum absolute atomic E-state index is 5.26. The van der Waals surface area contributed by atoms with Crippen molar-refractivity contribution < 1.29 is 4.74 Å². The van der Waals surface area contributed by atoms with Gasteiger partial charge in [0.05, 0.1) is 7.11 Å². The minimum absolute atomic E-state index is 0.728. The van der Waals surface area contributed by atoms with Crippen molar-refractivity contribution in [3.63, 3.8) is 0 Å². The standard InChI is InChI=1S/C17H21NO/c1-19-17-9-7-14-11-13(4-6-15(14)12-17)5-8-16-3-2-10-18-16/h4,6-7,9,11-12,16,18H,2-3,5,8,10H2,1H3. The van der Waals surface area contributed by atoms with Crippen molar-refractivity contribution in [1.29, 1.82) is 0 Å². The van der Waals surface area contributed by atoms with Crippen LogP contribution in [0.3, 0.4) is 0 Å². The van der Waals surface area contributed by atoms with E-state index in [0.29, 0.717) is 0 Å². The molecule has 1 aliphatic rings. The summed E-state index contributed by atoms with van der Waals surface area (Å²) in [5.74, 6) is 0.926. The highest BCUT2D eigenvalue weighted by atomic mass is 16.5. The summed E-state index contributed by atoms with van der Waals surface area (Å²) < 4.78 is 5.26. The Kier molecular flexibility index (Phi) is 3.69. The molecule has 0 spiro atoms. The molecule has 2 aromatic rings. The minimum atomic E-state index is 0.728. The van der Waals surface area contributed by atoms with E-state index in [9.17, 15) is 0 Å². The Hall–Kier alpha value is -1.54. The number of rotatable bonds is 4. The molecule has 3 rings (SSSR count). The molecule has 0 saturated carbocycles. The normalized spacial score (nSPS) is 18.9. The fraction of sp³-hybridized carbons (Fsp3) is 0.412. The van der Waals surface area contributed by atoms with E-state index in [1.165, 1.54) is 48.6 Å². The summed E-state index contributed by atoms with van der Waals surface area (Å²) in [5, 5.41) is 6.12. The molecule has 1 heterocycles. The number of aryl methyl sites for hydroxylation is 1. The van der Waals surface area contributed by atoms with Gasteiger partial charge in [0.15, 0.2) is 0 Å². The van der Waals surface area contributed by atoms with E-state index in [4.69, 9.17) is 4.74 Å². The van der Waals surface area contributed by atoms with Gasteiger partial charge in [-0.05, 0) is 60.7 Å². The van der Waals surface area contributed by atoms with Gasteiger partial charge < -0.3 is 10.1 Å². The van der Waals surface area contributed by atoms with Gasteiger partial charge in [-0.3, -0.25) is 0 Å². The first kappa shape index (κ1) is 12.5. The molecule has 0 aromatic heterocycles. The average Bonchev–Trinajstić information content (AvgIpc) is 2.97. The van der Waals surface area contributed by atoms with E-state index in [2.05, 4.69) is 35.6 Å². The van der Waals surface area contributed by atoms with Crippen LogP contribution in [-0.2, 0) is 6.42 Å².